The topological polar surface area (TPSA) is 15.3 Å². The van der Waals surface area contributed by atoms with Gasteiger partial charge in [0.15, 0.2) is 0 Å². The van der Waals surface area contributed by atoms with Gasteiger partial charge in [0, 0.05) is 24.7 Å². The molecule has 1 spiro atoms. The van der Waals surface area contributed by atoms with Crippen LogP contribution < -0.4 is 5.32 Å². The number of allylic oxidation sites excluding steroid dienone is 1. The van der Waals surface area contributed by atoms with E-state index >= 15 is 0 Å². The first-order chi connectivity index (χ1) is 8.26. The van der Waals surface area contributed by atoms with Crippen LogP contribution >= 0.6 is 0 Å². The van der Waals surface area contributed by atoms with Gasteiger partial charge in [-0.3, -0.25) is 4.90 Å². The van der Waals surface area contributed by atoms with Crippen molar-refractivity contribution in [2.45, 2.75) is 64.0 Å². The van der Waals surface area contributed by atoms with Crippen LogP contribution in [0.5, 0.6) is 0 Å². The Labute approximate surface area is 106 Å². The van der Waals surface area contributed by atoms with E-state index in [1.165, 1.54) is 51.6 Å². The van der Waals surface area contributed by atoms with E-state index in [0.29, 0.717) is 5.54 Å². The molecule has 0 aromatic rings. The molecule has 2 aliphatic rings. The van der Waals surface area contributed by atoms with E-state index in [1.807, 2.05) is 0 Å². The zero-order valence-corrected chi connectivity index (χ0v) is 11.5. The summed E-state index contributed by atoms with van der Waals surface area (Å²) in [4.78, 5) is 2.67. The monoisotopic (exact) mass is 236 g/mol. The highest BCUT2D eigenvalue weighted by Gasteiger charge is 2.36. The first-order valence-electron chi connectivity index (χ1n) is 7.36. The van der Waals surface area contributed by atoms with E-state index in [-0.39, 0.29) is 0 Å². The maximum absolute atomic E-state index is 3.87. The molecule has 0 bridgehead atoms. The third-order valence-electron chi connectivity index (χ3n) is 4.58. The minimum absolute atomic E-state index is 0.435. The summed E-state index contributed by atoms with van der Waals surface area (Å²) in [6, 6.07) is 0.722. The summed E-state index contributed by atoms with van der Waals surface area (Å²) in [7, 11) is 0. The van der Waals surface area contributed by atoms with Crippen LogP contribution in [0.4, 0.5) is 0 Å². The van der Waals surface area contributed by atoms with Crippen molar-refractivity contribution in [2.24, 2.45) is 0 Å². The zero-order valence-electron chi connectivity index (χ0n) is 11.5. The predicted octanol–water partition coefficient (Wildman–Crippen LogP) is 2.95. The van der Waals surface area contributed by atoms with Crippen molar-refractivity contribution in [1.29, 1.82) is 0 Å². The van der Waals surface area contributed by atoms with E-state index in [0.717, 1.165) is 12.6 Å². The minimum Gasteiger partial charge on any atom is -0.310 e. The van der Waals surface area contributed by atoms with Crippen LogP contribution in [0.3, 0.4) is 0 Å². The smallest absolute Gasteiger partial charge is 0.0309 e. The van der Waals surface area contributed by atoms with Crippen LogP contribution in [0, 0.1) is 0 Å². The Morgan fingerprint density at radius 1 is 1.29 bits per heavy atom. The molecule has 1 N–H and O–H groups in total. The zero-order chi connectivity index (χ0) is 12.1. The summed E-state index contributed by atoms with van der Waals surface area (Å²) in [5, 5.41) is 3.87. The van der Waals surface area contributed by atoms with E-state index in [4.69, 9.17) is 0 Å². The first-order valence-corrected chi connectivity index (χ1v) is 7.36. The van der Waals surface area contributed by atoms with E-state index in [9.17, 15) is 0 Å². The standard InChI is InChI=1S/C15H28N2/c1-3-4-12-17-13-15(9-6-5-7-10-15)16-11-8-14(17)2/h3-4,14,16H,5-13H2,1-2H3/b4-3+. The molecule has 98 valence electrons. The molecule has 2 fully saturated rings. The number of rotatable bonds is 2. The lowest BCUT2D eigenvalue weighted by atomic mass is 9.81. The quantitative estimate of drug-likeness (QED) is 0.742. The van der Waals surface area contributed by atoms with Crippen molar-refractivity contribution in [3.05, 3.63) is 12.2 Å². The molecular formula is C15H28N2. The van der Waals surface area contributed by atoms with Crippen molar-refractivity contribution in [3.63, 3.8) is 0 Å². The second kappa shape index (κ2) is 6.01. The lowest BCUT2D eigenvalue weighted by molar-refractivity contribution is 0.149. The Hall–Kier alpha value is -0.340. The Balaban J connectivity index is 2.03. The molecule has 2 rings (SSSR count). The number of hydrogen-bond donors (Lipinski definition) is 1. The fourth-order valence-corrected chi connectivity index (χ4v) is 3.38. The average molecular weight is 236 g/mol. The molecule has 1 saturated heterocycles. The fourth-order valence-electron chi connectivity index (χ4n) is 3.38. The summed E-state index contributed by atoms with van der Waals surface area (Å²) in [5.74, 6) is 0. The largest absolute Gasteiger partial charge is 0.310 e. The van der Waals surface area contributed by atoms with Crippen molar-refractivity contribution < 1.29 is 0 Å². The highest BCUT2D eigenvalue weighted by atomic mass is 15.2. The number of nitrogens with zero attached hydrogens (tertiary/aromatic N) is 1. The van der Waals surface area contributed by atoms with Gasteiger partial charge in [-0.2, -0.15) is 0 Å². The molecule has 0 aromatic carbocycles. The average Bonchev–Trinajstić information content (AvgIpc) is 2.48. The van der Waals surface area contributed by atoms with E-state index < -0.39 is 0 Å². The highest BCUT2D eigenvalue weighted by molar-refractivity contribution is 4.98. The molecule has 0 amide bonds. The summed E-state index contributed by atoms with van der Waals surface area (Å²) in [6.07, 6.45) is 12.8. The lowest BCUT2D eigenvalue weighted by Gasteiger charge is -2.40. The molecular weight excluding hydrogens is 208 g/mol. The van der Waals surface area contributed by atoms with Crippen molar-refractivity contribution in [3.8, 4) is 0 Å². The maximum atomic E-state index is 3.87. The van der Waals surface area contributed by atoms with Gasteiger partial charge in [-0.05, 0) is 39.7 Å². The van der Waals surface area contributed by atoms with Crippen molar-refractivity contribution >= 4 is 0 Å². The molecule has 1 atom stereocenters. The van der Waals surface area contributed by atoms with Gasteiger partial charge < -0.3 is 5.32 Å². The van der Waals surface area contributed by atoms with Crippen molar-refractivity contribution in [1.82, 2.24) is 10.2 Å². The molecule has 1 aliphatic heterocycles. The van der Waals surface area contributed by atoms with Gasteiger partial charge in [-0.25, -0.2) is 0 Å². The maximum Gasteiger partial charge on any atom is 0.0309 e. The Kier molecular flexibility index (Phi) is 4.63. The van der Waals surface area contributed by atoms with Gasteiger partial charge in [0.05, 0.1) is 0 Å². The minimum atomic E-state index is 0.435. The highest BCUT2D eigenvalue weighted by Crippen LogP contribution is 2.31. The fraction of sp³-hybridized carbons (Fsp3) is 0.867. The van der Waals surface area contributed by atoms with Gasteiger partial charge >= 0.3 is 0 Å². The normalized spacial score (nSPS) is 30.8. The van der Waals surface area contributed by atoms with E-state index in [1.54, 1.807) is 0 Å². The third kappa shape index (κ3) is 3.32. The second-order valence-electron chi connectivity index (χ2n) is 5.90. The van der Waals surface area contributed by atoms with Crippen molar-refractivity contribution in [2.75, 3.05) is 19.6 Å². The van der Waals surface area contributed by atoms with Crippen LogP contribution in [0.1, 0.15) is 52.4 Å². The molecule has 17 heavy (non-hydrogen) atoms. The molecule has 2 nitrogen and oxygen atoms in total. The lowest BCUT2D eigenvalue weighted by Crippen LogP contribution is -2.53. The molecule has 2 heteroatoms. The summed E-state index contributed by atoms with van der Waals surface area (Å²) in [6.45, 7) is 8.08. The molecule has 0 radical (unpaired) electrons. The summed E-state index contributed by atoms with van der Waals surface area (Å²) in [5.41, 5.74) is 0.435. The van der Waals surface area contributed by atoms with Gasteiger partial charge in [-0.1, -0.05) is 31.4 Å². The van der Waals surface area contributed by atoms with Gasteiger partial charge in [0.1, 0.15) is 0 Å². The van der Waals surface area contributed by atoms with Crippen LogP contribution in [-0.2, 0) is 0 Å². The Morgan fingerprint density at radius 3 is 2.76 bits per heavy atom. The van der Waals surface area contributed by atoms with Crippen LogP contribution in [-0.4, -0.2) is 36.1 Å². The first kappa shape index (κ1) is 13.1. The number of nitrogens with one attached hydrogen (secondary N) is 1. The molecule has 1 saturated carbocycles. The van der Waals surface area contributed by atoms with E-state index in [2.05, 4.69) is 36.2 Å². The Morgan fingerprint density at radius 2 is 2.06 bits per heavy atom. The predicted molar refractivity (Wildman–Crippen MR) is 74.3 cm³/mol. The van der Waals surface area contributed by atoms with Crippen LogP contribution in [0.15, 0.2) is 12.2 Å². The summed E-state index contributed by atoms with van der Waals surface area (Å²) >= 11 is 0. The van der Waals surface area contributed by atoms with Crippen LogP contribution in [0.2, 0.25) is 0 Å². The molecule has 1 aliphatic carbocycles. The van der Waals surface area contributed by atoms with Gasteiger partial charge in [0.25, 0.3) is 0 Å². The molecule has 1 unspecified atom stereocenters. The SMILES string of the molecule is C/C=C/CN1CC2(CCCCC2)NCCC1C. The second-order valence-corrected chi connectivity index (χ2v) is 5.90. The summed E-state index contributed by atoms with van der Waals surface area (Å²) < 4.78 is 0. The third-order valence-corrected chi connectivity index (χ3v) is 4.58. The van der Waals surface area contributed by atoms with Gasteiger partial charge in [0.2, 0.25) is 0 Å². The van der Waals surface area contributed by atoms with Gasteiger partial charge in [-0.15, -0.1) is 0 Å². The van der Waals surface area contributed by atoms with Crippen LogP contribution in [0.25, 0.3) is 0 Å². The molecule has 1 heterocycles. The Bertz CT molecular complexity index is 254. The number of hydrogen-bond acceptors (Lipinski definition) is 2. The molecule has 0 aromatic heterocycles.